The lowest BCUT2D eigenvalue weighted by molar-refractivity contribution is -0.145. The second-order valence-electron chi connectivity index (χ2n) is 11.1. The van der Waals surface area contributed by atoms with Crippen LogP contribution in [0.2, 0.25) is 0 Å². The third-order valence-corrected chi connectivity index (χ3v) is 7.07. The molecular weight excluding hydrogens is 529 g/mol. The van der Waals surface area contributed by atoms with Crippen LogP contribution >= 0.6 is 0 Å². The van der Waals surface area contributed by atoms with Gasteiger partial charge in [0.1, 0.15) is 17.5 Å². The Morgan fingerprint density at radius 1 is 1.02 bits per heavy atom. The number of hydrogen-bond donors (Lipinski definition) is 2. The third kappa shape index (κ3) is 6.46. The van der Waals surface area contributed by atoms with Gasteiger partial charge >= 0.3 is 18.2 Å². The van der Waals surface area contributed by atoms with Crippen LogP contribution in [0, 0.1) is 11.3 Å². The number of hydrogen-bond acceptors (Lipinski definition) is 6. The molecule has 1 amide bonds. The lowest BCUT2D eigenvalue weighted by Crippen LogP contribution is -2.48. The molecule has 0 unspecified atom stereocenters. The first-order valence-electron chi connectivity index (χ1n) is 12.9. The normalized spacial score (nSPS) is 21.4. The molecule has 1 fully saturated rings. The summed E-state index contributed by atoms with van der Waals surface area (Å²) in [5, 5.41) is 13.8. The van der Waals surface area contributed by atoms with Gasteiger partial charge in [0, 0.05) is 29.6 Å². The van der Waals surface area contributed by atoms with Crippen LogP contribution in [0.4, 0.5) is 18.0 Å². The number of carboxylic acid groups (broad SMARTS) is 1. The summed E-state index contributed by atoms with van der Waals surface area (Å²) in [5.41, 5.74) is -0.461. The van der Waals surface area contributed by atoms with E-state index in [1.54, 1.807) is 38.1 Å². The van der Waals surface area contributed by atoms with E-state index in [-0.39, 0.29) is 12.3 Å². The number of carbonyl (C=O) groups excluding carboxylic acids is 1. The van der Waals surface area contributed by atoms with Crippen molar-refractivity contribution in [3.05, 3.63) is 59.2 Å². The van der Waals surface area contributed by atoms with Crippen molar-refractivity contribution in [2.75, 3.05) is 14.2 Å². The Morgan fingerprint density at radius 3 is 2.17 bits per heavy atom. The van der Waals surface area contributed by atoms with E-state index in [0.29, 0.717) is 16.9 Å². The first kappa shape index (κ1) is 31.1. The second kappa shape index (κ2) is 12.0. The number of carbonyl (C=O) groups is 2. The van der Waals surface area contributed by atoms with Gasteiger partial charge in [0.05, 0.1) is 31.9 Å². The van der Waals surface area contributed by atoms with Crippen molar-refractivity contribution in [1.29, 1.82) is 0 Å². The molecule has 3 rings (SSSR count). The van der Waals surface area contributed by atoms with E-state index in [4.69, 9.17) is 14.2 Å². The summed E-state index contributed by atoms with van der Waals surface area (Å²) in [5.74, 6) is -1.35. The van der Waals surface area contributed by atoms with Gasteiger partial charge in [-0.3, -0.25) is 4.90 Å². The molecule has 0 bridgehead atoms. The highest BCUT2D eigenvalue weighted by Crippen LogP contribution is 2.50. The minimum atomic E-state index is -4.54. The van der Waals surface area contributed by atoms with Gasteiger partial charge in [-0.1, -0.05) is 45.0 Å². The second-order valence-corrected chi connectivity index (χ2v) is 11.1. The van der Waals surface area contributed by atoms with E-state index in [0.717, 1.165) is 12.1 Å². The molecule has 2 aromatic carbocycles. The summed E-state index contributed by atoms with van der Waals surface area (Å²) in [6.07, 6.45) is -5.83. The molecule has 2 aromatic rings. The maximum Gasteiger partial charge on any atom is 0.416 e. The number of para-hydroxylation sites is 1. The number of nitrogens with zero attached hydrogens (tertiary/aromatic N) is 1. The summed E-state index contributed by atoms with van der Waals surface area (Å²) < 4.78 is 56.3. The van der Waals surface area contributed by atoms with Crippen LogP contribution in [0.1, 0.15) is 57.4 Å². The van der Waals surface area contributed by atoms with Gasteiger partial charge in [0.25, 0.3) is 0 Å². The van der Waals surface area contributed by atoms with Gasteiger partial charge < -0.3 is 24.6 Å². The maximum atomic E-state index is 13.5. The number of rotatable bonds is 8. The van der Waals surface area contributed by atoms with E-state index in [2.05, 4.69) is 5.32 Å². The largest absolute Gasteiger partial charge is 0.496 e. The van der Waals surface area contributed by atoms with Crippen molar-refractivity contribution in [1.82, 2.24) is 10.2 Å². The van der Waals surface area contributed by atoms with Gasteiger partial charge in [-0.2, -0.15) is 13.2 Å². The van der Waals surface area contributed by atoms with Crippen LogP contribution in [-0.4, -0.2) is 54.5 Å². The maximum absolute atomic E-state index is 13.5. The Morgan fingerprint density at radius 2 is 1.65 bits per heavy atom. The number of ether oxygens (including phenoxy) is 3. The van der Waals surface area contributed by atoms with Crippen molar-refractivity contribution in [2.24, 2.45) is 11.3 Å². The predicted octanol–water partition coefficient (Wildman–Crippen LogP) is 5.90. The van der Waals surface area contributed by atoms with Crippen molar-refractivity contribution < 1.29 is 42.1 Å². The molecule has 2 N–H and O–H groups in total. The molecule has 11 heteroatoms. The zero-order valence-electron chi connectivity index (χ0n) is 23.7. The van der Waals surface area contributed by atoms with Gasteiger partial charge in [-0.25, -0.2) is 9.59 Å². The number of nitrogens with one attached hydrogen (secondary N) is 1. The highest BCUT2D eigenvalue weighted by Gasteiger charge is 2.59. The van der Waals surface area contributed by atoms with E-state index >= 15 is 0 Å². The fraction of sp³-hybridized carbons (Fsp3) is 0.517. The van der Waals surface area contributed by atoms with Crippen LogP contribution in [-0.2, 0) is 22.3 Å². The lowest BCUT2D eigenvalue weighted by Gasteiger charge is -2.35. The Balaban J connectivity index is 2.17. The van der Waals surface area contributed by atoms with Crippen molar-refractivity contribution >= 4 is 12.1 Å². The number of amides is 1. The molecule has 0 aliphatic carbocycles. The molecule has 0 spiro atoms. The van der Waals surface area contributed by atoms with E-state index in [1.807, 2.05) is 20.8 Å². The summed E-state index contributed by atoms with van der Waals surface area (Å²) in [6, 6.07) is 7.46. The molecule has 1 saturated heterocycles. The Kier molecular flexibility index (Phi) is 9.28. The molecule has 1 aliphatic heterocycles. The smallest absolute Gasteiger partial charge is 0.416 e. The van der Waals surface area contributed by atoms with E-state index in [9.17, 15) is 27.9 Å². The number of alkyl halides is 3. The molecule has 8 nitrogen and oxygen atoms in total. The number of methoxy groups -OCH3 is 2. The number of halogens is 3. The number of benzene rings is 2. The Bertz CT molecular complexity index is 1210. The van der Waals surface area contributed by atoms with E-state index < -0.39 is 59.4 Å². The quantitative estimate of drug-likeness (QED) is 0.411. The predicted molar refractivity (Wildman–Crippen MR) is 142 cm³/mol. The van der Waals surface area contributed by atoms with Crippen LogP contribution < -0.4 is 14.8 Å². The van der Waals surface area contributed by atoms with Crippen LogP contribution in [0.5, 0.6) is 11.5 Å². The first-order valence-corrected chi connectivity index (χ1v) is 12.9. The fourth-order valence-electron chi connectivity index (χ4n) is 5.47. The molecule has 0 aromatic heterocycles. The molecule has 0 saturated carbocycles. The average Bonchev–Trinajstić information content (AvgIpc) is 3.22. The van der Waals surface area contributed by atoms with Gasteiger partial charge in [0.2, 0.25) is 0 Å². The van der Waals surface area contributed by atoms with Gasteiger partial charge in [-0.05, 0) is 37.5 Å². The Hall–Kier alpha value is -3.47. The van der Waals surface area contributed by atoms with E-state index in [1.165, 1.54) is 25.2 Å². The Labute approximate surface area is 232 Å². The van der Waals surface area contributed by atoms with Crippen LogP contribution in [0.3, 0.4) is 0 Å². The summed E-state index contributed by atoms with van der Waals surface area (Å²) >= 11 is 0. The third-order valence-electron chi connectivity index (χ3n) is 7.07. The van der Waals surface area contributed by atoms with Crippen molar-refractivity contribution in [2.45, 2.75) is 71.6 Å². The molecule has 40 heavy (non-hydrogen) atoms. The molecule has 0 radical (unpaired) electrons. The molecular formula is C29H37F3N2O6. The summed E-state index contributed by atoms with van der Waals surface area (Å²) in [4.78, 5) is 27.6. The van der Waals surface area contributed by atoms with Gasteiger partial charge in [0.15, 0.2) is 0 Å². The molecule has 220 valence electrons. The lowest BCUT2D eigenvalue weighted by atomic mass is 9.72. The van der Waals surface area contributed by atoms with Crippen LogP contribution in [0.15, 0.2) is 42.5 Å². The minimum Gasteiger partial charge on any atom is -0.496 e. The zero-order chi connectivity index (χ0) is 30.0. The van der Waals surface area contributed by atoms with Crippen molar-refractivity contribution in [3.63, 3.8) is 0 Å². The van der Waals surface area contributed by atoms with Crippen molar-refractivity contribution in [3.8, 4) is 11.5 Å². The first-order chi connectivity index (χ1) is 18.6. The summed E-state index contributed by atoms with van der Waals surface area (Å²) in [6.45, 7) is 9.06. The standard InChI is InChI=1S/C29H37F3N2O6/c1-16(2)40-27(37)34-24(19-10-8-9-11-20(19)38-6)23(22(28(3,4)5)25(34)26(35)36)33-15-17-12-13-18(29(30,31)32)14-21(17)39-7/h8-14,16,22-25,33H,15H2,1-7H3,(H,35,36)/t22-,23-,24-,25-/m0/s1. The molecule has 1 aliphatic rings. The number of aliphatic carboxylic acids is 1. The molecule has 1 heterocycles. The molecule has 4 atom stereocenters. The highest BCUT2D eigenvalue weighted by atomic mass is 19.4. The highest BCUT2D eigenvalue weighted by molar-refractivity contribution is 5.82. The minimum absolute atomic E-state index is 0.0346. The zero-order valence-corrected chi connectivity index (χ0v) is 23.7. The summed E-state index contributed by atoms with van der Waals surface area (Å²) in [7, 11) is 2.77. The topological polar surface area (TPSA) is 97.3 Å². The SMILES string of the molecule is COc1cc(C(F)(F)F)ccc1CN[C@H]1[C@H](C(C)(C)C)[C@@H](C(=O)O)N(C(=O)OC(C)C)[C@H]1c1ccccc1OC. The van der Waals surface area contributed by atoms with Gasteiger partial charge in [-0.15, -0.1) is 0 Å². The number of carboxylic acids is 1. The average molecular weight is 567 g/mol. The fourth-order valence-corrected chi connectivity index (χ4v) is 5.47. The number of likely N-dealkylation sites (tertiary alicyclic amines) is 1. The van der Waals surface area contributed by atoms with Crippen LogP contribution in [0.25, 0.3) is 0 Å². The monoisotopic (exact) mass is 566 g/mol.